The number of aliphatic hydroxyl groups excluding tert-OH is 3. The van der Waals surface area contributed by atoms with Crippen LogP contribution in [0.3, 0.4) is 0 Å². The van der Waals surface area contributed by atoms with Gasteiger partial charge in [-0.3, -0.25) is 28.8 Å². The topological polar surface area (TPSA) is 345 Å². The number of aromatic hydroxyl groups is 1. The molecule has 0 unspecified atom stereocenters. The first kappa shape index (κ1) is 48.5. The summed E-state index contributed by atoms with van der Waals surface area (Å²) in [6.45, 7) is 2.93. The fraction of sp³-hybridized carbons (Fsp3) is 0.500. The molecule has 0 heterocycles. The molecule has 2 aromatic rings. The summed E-state index contributed by atoms with van der Waals surface area (Å²) in [5, 5.41) is 63.7. The van der Waals surface area contributed by atoms with Gasteiger partial charge in [-0.1, -0.05) is 42.5 Å². The summed E-state index contributed by atoms with van der Waals surface area (Å²) >= 11 is 0. The van der Waals surface area contributed by atoms with Crippen molar-refractivity contribution >= 4 is 41.4 Å². The summed E-state index contributed by atoms with van der Waals surface area (Å²) < 4.78 is 0. The number of unbranched alkanes of at least 4 members (excludes halogenated alkanes) is 1. The summed E-state index contributed by atoms with van der Waals surface area (Å²) in [5.74, 6) is -7.09. The van der Waals surface area contributed by atoms with Gasteiger partial charge in [0.15, 0.2) is 0 Å². The summed E-state index contributed by atoms with van der Waals surface area (Å²) in [6.07, 6.45) is -2.07. The van der Waals surface area contributed by atoms with E-state index < -0.39 is 103 Å². The van der Waals surface area contributed by atoms with Crippen LogP contribution in [-0.4, -0.2) is 135 Å². The smallest absolute Gasteiger partial charge is 0.326 e. The normalized spacial score (nSPS) is 15.7. The lowest BCUT2D eigenvalue weighted by Crippen LogP contribution is -2.62. The number of phenols is 1. The van der Waals surface area contributed by atoms with Gasteiger partial charge in [-0.15, -0.1) is 0 Å². The Bertz CT molecular complexity index is 1680. The third-order valence-corrected chi connectivity index (χ3v) is 8.90. The summed E-state index contributed by atoms with van der Waals surface area (Å²) in [5.41, 5.74) is 12.7. The Morgan fingerprint density at radius 3 is 1.62 bits per heavy atom. The van der Waals surface area contributed by atoms with Crippen LogP contribution in [0.1, 0.15) is 51.2 Å². The van der Waals surface area contributed by atoms with E-state index in [2.05, 4.69) is 31.9 Å². The van der Waals surface area contributed by atoms with Crippen molar-refractivity contribution < 1.29 is 59.1 Å². The van der Waals surface area contributed by atoms with Gasteiger partial charge in [0.25, 0.3) is 0 Å². The van der Waals surface area contributed by atoms with Crippen molar-refractivity contribution in [3.8, 4) is 5.75 Å². The first-order valence-electron chi connectivity index (χ1n) is 18.7. The molecule has 0 saturated carbocycles. The number of nitrogens with two attached hydrogens (primary N) is 2. The summed E-state index contributed by atoms with van der Waals surface area (Å²) in [7, 11) is 0. The summed E-state index contributed by atoms with van der Waals surface area (Å²) in [6, 6.07) is 4.15. The number of phenolic OH excluding ortho intramolecular Hbond substituents is 1. The van der Waals surface area contributed by atoms with Gasteiger partial charge in [0.05, 0.1) is 24.9 Å². The molecule has 0 fully saturated rings. The monoisotopic (exact) mass is 816 g/mol. The lowest BCUT2D eigenvalue weighted by atomic mass is 10.0. The van der Waals surface area contributed by atoms with Crippen LogP contribution in [0.15, 0.2) is 54.6 Å². The average Bonchev–Trinajstić information content (AvgIpc) is 3.17. The van der Waals surface area contributed by atoms with Crippen molar-refractivity contribution in [2.45, 2.75) is 107 Å². The zero-order chi connectivity index (χ0) is 43.5. The highest BCUT2D eigenvalue weighted by molar-refractivity contribution is 5.97. The van der Waals surface area contributed by atoms with Crippen molar-refractivity contribution in [3.05, 3.63) is 65.7 Å². The van der Waals surface area contributed by atoms with Crippen LogP contribution in [0.25, 0.3) is 0 Å². The summed E-state index contributed by atoms with van der Waals surface area (Å²) in [4.78, 5) is 90.8. The molecule has 2 rings (SSSR count). The maximum Gasteiger partial charge on any atom is 0.326 e. The standard InChI is InChI=1S/C38H56N8O12/c1-20(41-35(54)29(19-47)44-37(56)31(22(3)49)46-33(52)26(40)17-24-12-14-25(50)15-13-24)32(51)45-30(21(2)48)36(55)43-28(18-23-9-5-4-6-10-23)34(53)42-27(38(57)58)11-7-8-16-39/h4-6,9-10,12-15,20-22,26-31,47-50H,7-8,11,16-19,39-40H2,1-3H3,(H,41,54)(H,42,53)(H,43,55)(H,44,56)(H,45,51)(H,46,52)(H,57,58)/t20-,21+,22+,26-,27-,28-,29-,30-,31-/m0/s1. The number of carbonyl (C=O) groups is 7. The Morgan fingerprint density at radius 2 is 1.10 bits per heavy atom. The van der Waals surface area contributed by atoms with Crippen LogP contribution in [0, 0.1) is 0 Å². The van der Waals surface area contributed by atoms with Crippen molar-refractivity contribution in [2.75, 3.05) is 13.2 Å². The van der Waals surface area contributed by atoms with E-state index in [0.717, 1.165) is 0 Å². The molecule has 0 bridgehead atoms. The molecule has 15 N–H and O–H groups in total. The van der Waals surface area contributed by atoms with Crippen LogP contribution >= 0.6 is 0 Å². The number of rotatable bonds is 24. The quantitative estimate of drug-likeness (QED) is 0.0456. The maximum atomic E-state index is 13.5. The fourth-order valence-corrected chi connectivity index (χ4v) is 5.51. The molecule has 20 nitrogen and oxygen atoms in total. The number of carboxylic acid groups (broad SMARTS) is 1. The van der Waals surface area contributed by atoms with Crippen molar-refractivity contribution in [3.63, 3.8) is 0 Å². The number of carboxylic acids is 1. The predicted octanol–water partition coefficient (Wildman–Crippen LogP) is -3.60. The molecule has 0 aromatic heterocycles. The van der Waals surface area contributed by atoms with E-state index >= 15 is 0 Å². The second-order valence-electron chi connectivity index (χ2n) is 13.8. The number of amides is 6. The van der Waals surface area contributed by atoms with E-state index in [4.69, 9.17) is 11.5 Å². The van der Waals surface area contributed by atoms with E-state index in [1.54, 1.807) is 42.5 Å². The van der Waals surface area contributed by atoms with Crippen molar-refractivity contribution in [2.24, 2.45) is 11.5 Å². The molecule has 6 amide bonds. The second kappa shape index (κ2) is 24.2. The molecule has 0 spiro atoms. The van der Waals surface area contributed by atoms with Crippen molar-refractivity contribution in [1.29, 1.82) is 0 Å². The lowest BCUT2D eigenvalue weighted by Gasteiger charge is -2.27. The molecule has 0 saturated heterocycles. The molecule has 0 aliphatic carbocycles. The molecule has 2 aromatic carbocycles. The fourth-order valence-electron chi connectivity index (χ4n) is 5.51. The molecule has 20 heteroatoms. The van der Waals surface area contributed by atoms with Gasteiger partial charge in [-0.2, -0.15) is 0 Å². The molecule has 58 heavy (non-hydrogen) atoms. The highest BCUT2D eigenvalue weighted by atomic mass is 16.4. The van der Waals surface area contributed by atoms with Gasteiger partial charge in [0.1, 0.15) is 42.0 Å². The lowest BCUT2D eigenvalue weighted by molar-refractivity contribution is -0.142. The maximum absolute atomic E-state index is 13.5. The Morgan fingerprint density at radius 1 is 0.603 bits per heavy atom. The molecule has 0 aliphatic heterocycles. The Balaban J connectivity index is 2.10. The zero-order valence-electron chi connectivity index (χ0n) is 32.6. The minimum Gasteiger partial charge on any atom is -0.508 e. The number of hydrogen-bond acceptors (Lipinski definition) is 13. The van der Waals surface area contributed by atoms with Gasteiger partial charge in [-0.05, 0) is 76.3 Å². The van der Waals surface area contributed by atoms with Gasteiger partial charge in [-0.25, -0.2) is 4.79 Å². The van der Waals surface area contributed by atoms with Gasteiger partial charge in [0.2, 0.25) is 35.4 Å². The zero-order valence-corrected chi connectivity index (χ0v) is 32.6. The first-order chi connectivity index (χ1) is 27.4. The van der Waals surface area contributed by atoms with Crippen LogP contribution in [0.2, 0.25) is 0 Å². The molecular formula is C38H56N8O12. The molecule has 320 valence electrons. The van der Waals surface area contributed by atoms with E-state index in [-0.39, 0.29) is 25.0 Å². The molecule has 0 aliphatic rings. The van der Waals surface area contributed by atoms with E-state index in [1.807, 2.05) is 0 Å². The Hall–Kier alpha value is -5.67. The van der Waals surface area contributed by atoms with Crippen LogP contribution in [-0.2, 0) is 46.4 Å². The minimum atomic E-state index is -1.69. The Kier molecular flexibility index (Phi) is 20.2. The van der Waals surface area contributed by atoms with E-state index in [9.17, 15) is 59.1 Å². The van der Waals surface area contributed by atoms with Crippen molar-refractivity contribution in [1.82, 2.24) is 31.9 Å². The molecule has 0 radical (unpaired) electrons. The number of hydrogen-bond donors (Lipinski definition) is 13. The third-order valence-electron chi connectivity index (χ3n) is 8.90. The van der Waals surface area contributed by atoms with Gasteiger partial charge >= 0.3 is 5.97 Å². The SMILES string of the molecule is C[C@H](NC(=O)[C@H](CO)NC(=O)[C@@H](NC(=O)[C@@H](N)Cc1ccc(O)cc1)[C@@H](C)O)C(=O)N[C@H](C(=O)N[C@@H](Cc1ccccc1)C(=O)N[C@@H](CCCCN)C(=O)O)[C@@H](C)O. The van der Waals surface area contributed by atoms with E-state index in [1.165, 1.54) is 32.9 Å². The van der Waals surface area contributed by atoms with Gasteiger partial charge in [0, 0.05) is 6.42 Å². The highest BCUT2D eigenvalue weighted by Gasteiger charge is 2.35. The van der Waals surface area contributed by atoms with Gasteiger partial charge < -0.3 is 68.9 Å². The van der Waals surface area contributed by atoms with Crippen LogP contribution in [0.4, 0.5) is 0 Å². The second-order valence-corrected chi connectivity index (χ2v) is 13.8. The number of aliphatic hydroxyl groups is 3. The molecule has 9 atom stereocenters. The number of benzene rings is 2. The van der Waals surface area contributed by atoms with Crippen LogP contribution in [0.5, 0.6) is 5.75 Å². The predicted molar refractivity (Wildman–Crippen MR) is 208 cm³/mol. The third kappa shape index (κ3) is 16.1. The molecular weight excluding hydrogens is 760 g/mol. The first-order valence-corrected chi connectivity index (χ1v) is 18.7. The van der Waals surface area contributed by atoms with Crippen LogP contribution < -0.4 is 43.4 Å². The highest BCUT2D eigenvalue weighted by Crippen LogP contribution is 2.12. The Labute approximate surface area is 335 Å². The number of aliphatic carboxylic acids is 1. The minimum absolute atomic E-state index is 0.00709. The number of carbonyl (C=O) groups excluding carboxylic acids is 6. The number of nitrogens with one attached hydrogen (secondary N) is 6. The largest absolute Gasteiger partial charge is 0.508 e. The van der Waals surface area contributed by atoms with E-state index in [0.29, 0.717) is 30.5 Å². The average molecular weight is 817 g/mol.